The minimum absolute atomic E-state index is 0.0436. The predicted molar refractivity (Wildman–Crippen MR) is 91.3 cm³/mol. The smallest absolute Gasteiger partial charge is 0.407 e. The molecule has 0 aromatic rings. The van der Waals surface area contributed by atoms with Crippen molar-refractivity contribution in [3.05, 3.63) is 10.4 Å². The molecule has 1 fully saturated rings. The second-order valence-corrected chi connectivity index (χ2v) is 8.27. The number of azide groups is 1. The van der Waals surface area contributed by atoms with Crippen LogP contribution in [0.1, 0.15) is 60.8 Å². The summed E-state index contributed by atoms with van der Waals surface area (Å²) in [6, 6.07) is -0.790. The lowest BCUT2D eigenvalue weighted by Crippen LogP contribution is -2.51. The summed E-state index contributed by atoms with van der Waals surface area (Å²) >= 11 is 0. The van der Waals surface area contributed by atoms with Crippen LogP contribution in [-0.2, 0) is 9.53 Å². The maximum absolute atomic E-state index is 12.4. The van der Waals surface area contributed by atoms with E-state index in [0.717, 1.165) is 0 Å². The van der Waals surface area contributed by atoms with E-state index >= 15 is 0 Å². The lowest BCUT2D eigenvalue weighted by Gasteiger charge is -2.35. The Labute approximate surface area is 143 Å². The van der Waals surface area contributed by atoms with Crippen molar-refractivity contribution >= 4 is 12.0 Å². The van der Waals surface area contributed by atoms with Crippen molar-refractivity contribution < 1.29 is 14.3 Å². The van der Waals surface area contributed by atoms with Gasteiger partial charge >= 0.3 is 6.09 Å². The van der Waals surface area contributed by atoms with Gasteiger partial charge in [-0.05, 0) is 66.3 Å². The Bertz CT molecular complexity index is 515. The molecule has 1 aliphatic rings. The summed E-state index contributed by atoms with van der Waals surface area (Å²) in [4.78, 5) is 27.2. The maximum atomic E-state index is 12.4. The van der Waals surface area contributed by atoms with Gasteiger partial charge in [0.25, 0.3) is 0 Å². The van der Waals surface area contributed by atoms with E-state index in [9.17, 15) is 9.59 Å². The molecule has 8 heteroatoms. The summed E-state index contributed by atoms with van der Waals surface area (Å²) in [5.41, 5.74) is 7.79. The molecule has 0 heterocycles. The number of carbonyl (C=O) groups excluding carboxylic acids is 2. The van der Waals surface area contributed by atoms with Crippen LogP contribution in [-0.4, -0.2) is 35.2 Å². The number of nitrogens with zero attached hydrogens (tertiary/aromatic N) is 3. The largest absolute Gasteiger partial charge is 0.444 e. The second kappa shape index (κ2) is 7.75. The molecule has 0 spiro atoms. The van der Waals surface area contributed by atoms with Crippen LogP contribution in [0.5, 0.6) is 0 Å². The highest BCUT2D eigenvalue weighted by Gasteiger charge is 2.36. The van der Waals surface area contributed by atoms with Gasteiger partial charge in [-0.1, -0.05) is 5.11 Å². The summed E-state index contributed by atoms with van der Waals surface area (Å²) in [6.07, 6.45) is 1.03. The van der Waals surface area contributed by atoms with Crippen LogP contribution in [0.2, 0.25) is 0 Å². The van der Waals surface area contributed by atoms with E-state index < -0.39 is 17.7 Å². The number of carbonyl (C=O) groups is 2. The highest BCUT2D eigenvalue weighted by Crippen LogP contribution is 2.28. The van der Waals surface area contributed by atoms with Crippen LogP contribution < -0.4 is 10.6 Å². The maximum Gasteiger partial charge on any atom is 0.407 e. The lowest BCUT2D eigenvalue weighted by molar-refractivity contribution is -0.127. The van der Waals surface area contributed by atoms with Crippen molar-refractivity contribution in [2.75, 3.05) is 0 Å². The third-order valence-electron chi connectivity index (χ3n) is 3.58. The molecule has 3 unspecified atom stereocenters. The first-order valence-electron chi connectivity index (χ1n) is 8.27. The molecule has 2 amide bonds. The fourth-order valence-corrected chi connectivity index (χ4v) is 2.68. The van der Waals surface area contributed by atoms with E-state index in [1.165, 1.54) is 0 Å². The third-order valence-corrected chi connectivity index (χ3v) is 3.58. The summed E-state index contributed by atoms with van der Waals surface area (Å²) in [7, 11) is 0. The quantitative estimate of drug-likeness (QED) is 0.467. The predicted octanol–water partition coefficient (Wildman–Crippen LogP) is 3.27. The SMILES string of the molecule is CC(C)(C)NC(=O)C1CCC(N=[N+]=[N-])C(NC(=O)OC(C)(C)C)C1. The summed E-state index contributed by atoms with van der Waals surface area (Å²) in [6.45, 7) is 11.1. The van der Waals surface area contributed by atoms with Crippen LogP contribution in [0.25, 0.3) is 10.4 Å². The number of rotatable bonds is 3. The van der Waals surface area contributed by atoms with Gasteiger partial charge < -0.3 is 15.4 Å². The van der Waals surface area contributed by atoms with Gasteiger partial charge in [0.2, 0.25) is 5.91 Å². The molecule has 1 rings (SSSR count). The minimum Gasteiger partial charge on any atom is -0.444 e. The molecule has 0 bridgehead atoms. The normalized spacial score (nSPS) is 24.5. The average Bonchev–Trinajstić information content (AvgIpc) is 2.36. The first kappa shape index (κ1) is 20.1. The second-order valence-electron chi connectivity index (χ2n) is 8.27. The average molecular weight is 339 g/mol. The van der Waals surface area contributed by atoms with Crippen molar-refractivity contribution in [3.8, 4) is 0 Å². The van der Waals surface area contributed by atoms with Crippen molar-refractivity contribution in [2.45, 2.75) is 84.0 Å². The van der Waals surface area contributed by atoms with Crippen LogP contribution in [0.4, 0.5) is 4.79 Å². The van der Waals surface area contributed by atoms with Gasteiger partial charge in [0.1, 0.15) is 5.60 Å². The van der Waals surface area contributed by atoms with Gasteiger partial charge in [-0.25, -0.2) is 4.79 Å². The van der Waals surface area contributed by atoms with E-state index in [1.54, 1.807) is 20.8 Å². The topological polar surface area (TPSA) is 116 Å². The standard InChI is InChI=1S/C16H29N5O3/c1-15(2,3)19-13(22)10-7-8-11(20-21-17)12(9-10)18-14(23)24-16(4,5)6/h10-12H,7-9H2,1-6H3,(H,18,23)(H,19,22). The Hall–Kier alpha value is -1.95. The number of hydrogen-bond donors (Lipinski definition) is 2. The van der Waals surface area contributed by atoms with E-state index in [4.69, 9.17) is 10.3 Å². The van der Waals surface area contributed by atoms with Crippen LogP contribution >= 0.6 is 0 Å². The van der Waals surface area contributed by atoms with Crippen molar-refractivity contribution in [2.24, 2.45) is 11.0 Å². The highest BCUT2D eigenvalue weighted by atomic mass is 16.6. The molecule has 0 aromatic heterocycles. The Balaban J connectivity index is 2.77. The highest BCUT2D eigenvalue weighted by molar-refractivity contribution is 5.79. The molecule has 0 aromatic carbocycles. The molecular formula is C16H29N5O3. The van der Waals surface area contributed by atoms with Gasteiger partial charge in [-0.2, -0.15) is 0 Å². The molecule has 0 radical (unpaired) electrons. The van der Waals surface area contributed by atoms with Crippen LogP contribution in [0, 0.1) is 5.92 Å². The van der Waals surface area contributed by atoms with Crippen LogP contribution in [0.15, 0.2) is 5.11 Å². The molecule has 1 saturated carbocycles. The van der Waals surface area contributed by atoms with Gasteiger partial charge in [0.05, 0.1) is 6.04 Å². The molecular weight excluding hydrogens is 310 g/mol. The third kappa shape index (κ3) is 7.08. The zero-order valence-corrected chi connectivity index (χ0v) is 15.4. The number of ether oxygens (including phenoxy) is 1. The number of nitrogens with one attached hydrogen (secondary N) is 2. The number of alkyl carbamates (subject to hydrolysis) is 1. The molecule has 0 saturated heterocycles. The van der Waals surface area contributed by atoms with E-state index in [-0.39, 0.29) is 23.4 Å². The molecule has 2 N–H and O–H groups in total. The zero-order valence-electron chi connectivity index (χ0n) is 15.4. The molecule has 24 heavy (non-hydrogen) atoms. The Morgan fingerprint density at radius 1 is 1.17 bits per heavy atom. The zero-order chi connectivity index (χ0) is 18.5. The lowest BCUT2D eigenvalue weighted by atomic mass is 9.81. The van der Waals surface area contributed by atoms with Gasteiger partial charge in [-0.3, -0.25) is 4.79 Å². The molecule has 0 aliphatic heterocycles. The number of amides is 2. The van der Waals surface area contributed by atoms with Gasteiger partial charge in [0.15, 0.2) is 0 Å². The van der Waals surface area contributed by atoms with E-state index in [2.05, 4.69) is 20.7 Å². The fourth-order valence-electron chi connectivity index (χ4n) is 2.68. The van der Waals surface area contributed by atoms with Gasteiger partial charge in [0, 0.05) is 22.4 Å². The summed E-state index contributed by atoms with van der Waals surface area (Å²) < 4.78 is 5.26. The first-order chi connectivity index (χ1) is 10.9. The van der Waals surface area contributed by atoms with Crippen molar-refractivity contribution in [1.29, 1.82) is 0 Å². The summed E-state index contributed by atoms with van der Waals surface area (Å²) in [5, 5.41) is 9.47. The molecule has 3 atom stereocenters. The molecule has 8 nitrogen and oxygen atoms in total. The van der Waals surface area contributed by atoms with Crippen LogP contribution in [0.3, 0.4) is 0 Å². The first-order valence-corrected chi connectivity index (χ1v) is 8.27. The molecule has 1 aliphatic carbocycles. The minimum atomic E-state index is -0.615. The van der Waals surface area contributed by atoms with E-state index in [1.807, 2.05) is 20.8 Å². The number of hydrogen-bond acceptors (Lipinski definition) is 4. The Morgan fingerprint density at radius 3 is 2.29 bits per heavy atom. The molecule has 136 valence electrons. The Morgan fingerprint density at radius 2 is 1.79 bits per heavy atom. The van der Waals surface area contributed by atoms with Crippen molar-refractivity contribution in [3.63, 3.8) is 0 Å². The van der Waals surface area contributed by atoms with Gasteiger partial charge in [-0.15, -0.1) is 0 Å². The Kier molecular flexibility index (Phi) is 6.49. The van der Waals surface area contributed by atoms with Crippen molar-refractivity contribution in [1.82, 2.24) is 10.6 Å². The summed E-state index contributed by atoms with van der Waals surface area (Å²) in [5.74, 6) is -0.271. The fraction of sp³-hybridized carbons (Fsp3) is 0.875. The van der Waals surface area contributed by atoms with E-state index in [0.29, 0.717) is 19.3 Å². The monoisotopic (exact) mass is 339 g/mol.